The molecule has 0 saturated carbocycles. The zero-order valence-electron chi connectivity index (χ0n) is 21.3. The third kappa shape index (κ3) is 5.36. The minimum atomic E-state index is -0.554. The summed E-state index contributed by atoms with van der Waals surface area (Å²) in [6.07, 6.45) is 3.96. The second-order valence-electron chi connectivity index (χ2n) is 10.4. The number of nitrogens with one attached hydrogen (secondary N) is 1. The van der Waals surface area contributed by atoms with Gasteiger partial charge in [-0.3, -0.25) is 4.79 Å². The van der Waals surface area contributed by atoms with E-state index in [0.717, 1.165) is 50.7 Å². The smallest absolute Gasteiger partial charge is 0.410 e. The van der Waals surface area contributed by atoms with E-state index in [1.165, 1.54) is 6.33 Å². The van der Waals surface area contributed by atoms with Crippen molar-refractivity contribution in [2.24, 2.45) is 0 Å². The number of hydrogen-bond donors (Lipinski definition) is 2. The van der Waals surface area contributed by atoms with Gasteiger partial charge in [-0.2, -0.15) is 0 Å². The van der Waals surface area contributed by atoms with Crippen LogP contribution in [0.25, 0.3) is 31.4 Å². The number of thiophene rings is 1. The molecule has 5 rings (SSSR count). The summed E-state index contributed by atoms with van der Waals surface area (Å²) < 4.78 is 7.53. The number of likely N-dealkylation sites (tertiary alicyclic amines) is 1. The minimum Gasteiger partial charge on any atom is -0.444 e. The largest absolute Gasteiger partial charge is 0.444 e. The molecule has 1 aliphatic rings. The highest BCUT2D eigenvalue weighted by Crippen LogP contribution is 2.37. The molecule has 0 spiro atoms. The van der Waals surface area contributed by atoms with E-state index in [1.54, 1.807) is 22.3 Å². The average molecular weight is 518 g/mol. The number of hydrogen-bond acceptors (Lipinski definition) is 7. The van der Waals surface area contributed by atoms with Gasteiger partial charge in [0.1, 0.15) is 17.7 Å². The fourth-order valence-corrected chi connectivity index (χ4v) is 5.80. The van der Waals surface area contributed by atoms with Crippen molar-refractivity contribution >= 4 is 49.5 Å². The van der Waals surface area contributed by atoms with Crippen LogP contribution >= 0.6 is 11.3 Å². The maximum absolute atomic E-state index is 13.1. The summed E-state index contributed by atoms with van der Waals surface area (Å²) in [5.41, 5.74) is 8.87. The molecule has 2 aromatic heterocycles. The molecule has 192 valence electrons. The molecule has 1 unspecified atom stereocenters. The van der Waals surface area contributed by atoms with Gasteiger partial charge in [-0.1, -0.05) is 24.3 Å². The summed E-state index contributed by atoms with van der Waals surface area (Å²) in [5, 5.41) is 4.07. The first-order valence-electron chi connectivity index (χ1n) is 12.5. The zero-order chi connectivity index (χ0) is 26.2. The molecule has 0 bridgehead atoms. The van der Waals surface area contributed by atoms with Crippen LogP contribution in [0.4, 0.5) is 10.6 Å². The van der Waals surface area contributed by atoms with E-state index in [1.807, 2.05) is 51.1 Å². The van der Waals surface area contributed by atoms with Crippen molar-refractivity contribution in [1.29, 1.82) is 0 Å². The summed E-state index contributed by atoms with van der Waals surface area (Å²) in [7, 11) is 0. The third-order valence-corrected chi connectivity index (χ3v) is 7.66. The van der Waals surface area contributed by atoms with Crippen molar-refractivity contribution in [3.8, 4) is 11.1 Å². The van der Waals surface area contributed by atoms with Gasteiger partial charge in [-0.25, -0.2) is 14.8 Å². The number of amides is 2. The number of benzene rings is 2. The third-order valence-electron chi connectivity index (χ3n) is 6.49. The van der Waals surface area contributed by atoms with Gasteiger partial charge in [0.25, 0.3) is 5.91 Å². The number of ether oxygens (including phenoxy) is 1. The zero-order valence-corrected chi connectivity index (χ0v) is 22.1. The second kappa shape index (κ2) is 9.97. The van der Waals surface area contributed by atoms with Crippen LogP contribution in [0.2, 0.25) is 0 Å². The molecule has 0 radical (unpaired) electrons. The second-order valence-corrected chi connectivity index (χ2v) is 11.4. The van der Waals surface area contributed by atoms with Gasteiger partial charge >= 0.3 is 6.09 Å². The summed E-state index contributed by atoms with van der Waals surface area (Å²) in [4.78, 5) is 36.0. The van der Waals surface area contributed by atoms with Crippen molar-refractivity contribution in [1.82, 2.24) is 20.2 Å². The van der Waals surface area contributed by atoms with Gasteiger partial charge in [0.05, 0.1) is 16.3 Å². The van der Waals surface area contributed by atoms with E-state index in [9.17, 15) is 9.59 Å². The Morgan fingerprint density at radius 2 is 1.95 bits per heavy atom. The lowest BCUT2D eigenvalue weighted by Gasteiger charge is -2.36. The monoisotopic (exact) mass is 517 g/mol. The van der Waals surface area contributed by atoms with E-state index >= 15 is 0 Å². The quantitative estimate of drug-likeness (QED) is 0.364. The molecule has 1 saturated heterocycles. The lowest BCUT2D eigenvalue weighted by atomic mass is 10.0. The number of fused-ring (bicyclic) bond motifs is 3. The Morgan fingerprint density at radius 3 is 2.76 bits per heavy atom. The van der Waals surface area contributed by atoms with Crippen LogP contribution < -0.4 is 11.1 Å². The van der Waals surface area contributed by atoms with Crippen molar-refractivity contribution in [3.05, 3.63) is 54.4 Å². The molecule has 1 fully saturated rings. The van der Waals surface area contributed by atoms with Gasteiger partial charge in [0, 0.05) is 28.7 Å². The highest BCUT2D eigenvalue weighted by Gasteiger charge is 2.30. The number of carbonyl (C=O) groups is 2. The lowest BCUT2D eigenvalue weighted by Crippen LogP contribution is -2.50. The normalized spacial score (nSPS) is 16.2. The summed E-state index contributed by atoms with van der Waals surface area (Å²) in [6.45, 7) is 6.61. The molecule has 1 aliphatic heterocycles. The molecule has 9 heteroatoms. The Bertz CT molecular complexity index is 1480. The van der Waals surface area contributed by atoms with Crippen molar-refractivity contribution in [3.63, 3.8) is 0 Å². The fraction of sp³-hybridized carbons (Fsp3) is 0.357. The average Bonchev–Trinajstić information content (AvgIpc) is 3.26. The minimum absolute atomic E-state index is 0.0818. The Labute approximate surface area is 219 Å². The SMILES string of the molecule is CC(C)(C)OC(=O)N1CCCCC1CNC(=O)c1cccc(-c2ccc3c(c2)sc2c(N)ncnc23)c1. The molecule has 2 amide bonds. The fourth-order valence-electron chi connectivity index (χ4n) is 4.70. The van der Waals surface area contributed by atoms with Gasteiger partial charge in [0.2, 0.25) is 0 Å². The Balaban J connectivity index is 1.31. The molecule has 4 aromatic rings. The van der Waals surface area contributed by atoms with Crippen LogP contribution in [-0.4, -0.2) is 51.6 Å². The molecular weight excluding hydrogens is 486 g/mol. The van der Waals surface area contributed by atoms with Crippen molar-refractivity contribution < 1.29 is 14.3 Å². The Morgan fingerprint density at radius 1 is 1.14 bits per heavy atom. The van der Waals surface area contributed by atoms with Crippen LogP contribution in [0.15, 0.2) is 48.8 Å². The topological polar surface area (TPSA) is 110 Å². The van der Waals surface area contributed by atoms with E-state index in [2.05, 4.69) is 21.4 Å². The van der Waals surface area contributed by atoms with Crippen LogP contribution in [0, 0.1) is 0 Å². The number of anilines is 1. The first-order chi connectivity index (χ1) is 17.7. The first-order valence-corrected chi connectivity index (χ1v) is 13.3. The molecule has 3 N–H and O–H groups in total. The van der Waals surface area contributed by atoms with Gasteiger partial charge < -0.3 is 20.7 Å². The number of rotatable bonds is 4. The highest BCUT2D eigenvalue weighted by molar-refractivity contribution is 7.26. The molecule has 8 nitrogen and oxygen atoms in total. The first kappa shape index (κ1) is 25.0. The molecule has 0 aliphatic carbocycles. The van der Waals surface area contributed by atoms with E-state index < -0.39 is 5.60 Å². The summed E-state index contributed by atoms with van der Waals surface area (Å²) >= 11 is 1.57. The van der Waals surface area contributed by atoms with Gasteiger partial charge in [0.15, 0.2) is 0 Å². The van der Waals surface area contributed by atoms with Crippen LogP contribution in [-0.2, 0) is 4.74 Å². The standard InChI is InChI=1S/C28H31N5O3S/c1-28(2,3)36-27(35)33-12-5-4-9-20(33)15-30-26(34)19-8-6-7-17(13-19)18-10-11-21-22(14-18)37-24-23(21)31-16-32-25(24)29/h6-8,10-11,13-14,16,20H,4-5,9,12,15H2,1-3H3,(H,30,34)(H2,29,31,32). The number of nitrogen functional groups attached to an aromatic ring is 1. The highest BCUT2D eigenvalue weighted by atomic mass is 32.1. The lowest BCUT2D eigenvalue weighted by molar-refractivity contribution is 0.00986. The summed E-state index contributed by atoms with van der Waals surface area (Å²) in [5.74, 6) is 0.317. The van der Waals surface area contributed by atoms with Gasteiger partial charge in [-0.05, 0) is 69.4 Å². The van der Waals surface area contributed by atoms with E-state index in [4.69, 9.17) is 10.5 Å². The van der Waals surface area contributed by atoms with Crippen molar-refractivity contribution in [2.45, 2.75) is 51.7 Å². The van der Waals surface area contributed by atoms with Crippen LogP contribution in [0.5, 0.6) is 0 Å². The number of carbonyl (C=O) groups excluding carboxylic acids is 2. The Hall–Kier alpha value is -3.72. The Kier molecular flexibility index (Phi) is 6.72. The van der Waals surface area contributed by atoms with Crippen molar-refractivity contribution in [2.75, 3.05) is 18.8 Å². The molecule has 3 heterocycles. The van der Waals surface area contributed by atoms with Crippen LogP contribution in [0.1, 0.15) is 50.4 Å². The number of piperidine rings is 1. The summed E-state index contributed by atoms with van der Waals surface area (Å²) in [6, 6.07) is 13.7. The number of nitrogens with zero attached hydrogens (tertiary/aromatic N) is 3. The molecule has 2 aromatic carbocycles. The molecular formula is C28H31N5O3S. The van der Waals surface area contributed by atoms with E-state index in [0.29, 0.717) is 24.5 Å². The number of nitrogens with two attached hydrogens (primary N) is 1. The predicted molar refractivity (Wildman–Crippen MR) is 148 cm³/mol. The van der Waals surface area contributed by atoms with E-state index in [-0.39, 0.29) is 18.0 Å². The maximum Gasteiger partial charge on any atom is 0.410 e. The maximum atomic E-state index is 13.1. The van der Waals surface area contributed by atoms with Crippen LogP contribution in [0.3, 0.4) is 0 Å². The molecule has 37 heavy (non-hydrogen) atoms. The molecule has 1 atom stereocenters. The predicted octanol–water partition coefficient (Wildman–Crippen LogP) is 5.61. The van der Waals surface area contributed by atoms with Gasteiger partial charge in [-0.15, -0.1) is 11.3 Å². The number of aromatic nitrogens is 2.